The molecule has 0 aromatic heterocycles. The molecule has 208 valence electrons. The monoisotopic (exact) mass is 502 g/mol. The Labute approximate surface area is 222 Å². The van der Waals surface area contributed by atoms with Crippen molar-refractivity contribution in [3.8, 4) is 0 Å². The Morgan fingerprint density at radius 1 is 0.917 bits per heavy atom. The Hall–Kier alpha value is -0.380. The molecule has 9 atom stereocenters. The maximum atomic E-state index is 10.4. The summed E-state index contributed by atoms with van der Waals surface area (Å²) >= 11 is 0. The molecule has 0 heterocycles. The first-order valence-electron chi connectivity index (χ1n) is 15.8. The minimum absolute atomic E-state index is 0.171. The van der Waals surface area contributed by atoms with Crippen LogP contribution in [0.4, 0.5) is 0 Å². The van der Waals surface area contributed by atoms with E-state index in [0.29, 0.717) is 17.3 Å². The lowest BCUT2D eigenvalue weighted by Crippen LogP contribution is -2.51. The van der Waals surface area contributed by atoms with E-state index in [-0.39, 0.29) is 12.7 Å². The van der Waals surface area contributed by atoms with E-state index in [2.05, 4.69) is 40.7 Å². The molecule has 0 bridgehead atoms. The van der Waals surface area contributed by atoms with Crippen LogP contribution in [0.15, 0.2) is 11.6 Å². The van der Waals surface area contributed by atoms with E-state index in [0.717, 1.165) is 67.6 Å². The number of allylic oxidation sites excluding steroid dienone is 1. The van der Waals surface area contributed by atoms with Crippen LogP contribution in [-0.2, 0) is 4.74 Å². The van der Waals surface area contributed by atoms with Gasteiger partial charge in [-0.05, 0) is 117 Å². The van der Waals surface area contributed by atoms with Crippen LogP contribution in [0.25, 0.3) is 0 Å². The Morgan fingerprint density at radius 2 is 1.72 bits per heavy atom. The molecule has 1 unspecified atom stereocenters. The summed E-state index contributed by atoms with van der Waals surface area (Å²) in [7, 11) is 0. The predicted octanol–water partition coefficient (Wildman–Crippen LogP) is 8.28. The van der Waals surface area contributed by atoms with Crippen molar-refractivity contribution in [3.05, 3.63) is 11.6 Å². The molecule has 0 saturated heterocycles. The first-order chi connectivity index (χ1) is 17.2. The van der Waals surface area contributed by atoms with E-state index in [1.54, 1.807) is 5.57 Å². The number of aliphatic hydroxyl groups is 2. The molecular weight excluding hydrogens is 444 g/mol. The van der Waals surface area contributed by atoms with Crippen molar-refractivity contribution < 1.29 is 14.9 Å². The highest BCUT2D eigenvalue weighted by molar-refractivity contribution is 5.25. The fourth-order valence-corrected chi connectivity index (χ4v) is 9.67. The van der Waals surface area contributed by atoms with Crippen LogP contribution in [-0.4, -0.2) is 29.2 Å². The van der Waals surface area contributed by atoms with Crippen LogP contribution in [0, 0.1) is 46.3 Å². The van der Waals surface area contributed by atoms with Crippen molar-refractivity contribution in [2.75, 3.05) is 6.61 Å². The second-order valence-electron chi connectivity index (χ2n) is 14.3. The summed E-state index contributed by atoms with van der Waals surface area (Å²) in [6.45, 7) is 12.8. The molecule has 0 radical (unpaired) electrons. The predicted molar refractivity (Wildman–Crippen MR) is 149 cm³/mol. The molecule has 3 fully saturated rings. The van der Waals surface area contributed by atoms with Crippen LogP contribution in [0.3, 0.4) is 0 Å². The first-order valence-corrected chi connectivity index (χ1v) is 15.8. The Bertz CT molecular complexity index is 730. The molecule has 0 amide bonds. The Balaban J connectivity index is 1.36. The Morgan fingerprint density at radius 3 is 2.47 bits per heavy atom. The van der Waals surface area contributed by atoms with Crippen LogP contribution in [0.2, 0.25) is 0 Å². The van der Waals surface area contributed by atoms with Gasteiger partial charge in [0.15, 0.2) is 6.29 Å². The molecule has 0 aromatic carbocycles. The van der Waals surface area contributed by atoms with Crippen LogP contribution in [0.5, 0.6) is 0 Å². The molecule has 3 heteroatoms. The number of hydrogen-bond donors (Lipinski definition) is 2. The minimum atomic E-state index is -0.650. The van der Waals surface area contributed by atoms with Gasteiger partial charge in [0, 0.05) is 6.61 Å². The zero-order chi connectivity index (χ0) is 25.9. The third-order valence-electron chi connectivity index (χ3n) is 11.7. The van der Waals surface area contributed by atoms with E-state index >= 15 is 0 Å². The highest BCUT2D eigenvalue weighted by atomic mass is 16.6. The molecule has 2 N–H and O–H groups in total. The summed E-state index contributed by atoms with van der Waals surface area (Å²) in [4.78, 5) is 0. The van der Waals surface area contributed by atoms with Gasteiger partial charge in [0.25, 0.3) is 0 Å². The molecule has 4 aliphatic rings. The normalized spacial score (nSPS) is 39.8. The van der Waals surface area contributed by atoms with Gasteiger partial charge in [0.05, 0.1) is 6.10 Å². The maximum Gasteiger partial charge on any atom is 0.154 e. The molecular formula is C33H58O3. The Kier molecular flexibility index (Phi) is 9.71. The van der Waals surface area contributed by atoms with Gasteiger partial charge in [0.2, 0.25) is 0 Å². The highest BCUT2D eigenvalue weighted by Gasteiger charge is 2.59. The second-order valence-corrected chi connectivity index (χ2v) is 14.3. The van der Waals surface area contributed by atoms with E-state index in [1.165, 1.54) is 57.8 Å². The van der Waals surface area contributed by atoms with Crippen molar-refractivity contribution in [2.45, 2.75) is 143 Å². The van der Waals surface area contributed by atoms with Crippen molar-refractivity contribution in [3.63, 3.8) is 0 Å². The quantitative estimate of drug-likeness (QED) is 0.160. The van der Waals surface area contributed by atoms with Crippen molar-refractivity contribution >= 4 is 0 Å². The highest BCUT2D eigenvalue weighted by Crippen LogP contribution is 2.67. The van der Waals surface area contributed by atoms with Gasteiger partial charge in [-0.2, -0.15) is 0 Å². The van der Waals surface area contributed by atoms with Crippen LogP contribution >= 0.6 is 0 Å². The SMILES string of the molecule is CC(C)CCC[C@@H](C)[C@H]1CC[C@H]2[C@@H]3CC=C4C[C@@H](OC(O)CCCCCO)CC[C@]4(C)[C@H]3CC[C@]12C. The summed E-state index contributed by atoms with van der Waals surface area (Å²) in [5.74, 6) is 5.28. The summed E-state index contributed by atoms with van der Waals surface area (Å²) < 4.78 is 6.13. The lowest BCUT2D eigenvalue weighted by Gasteiger charge is -2.58. The lowest BCUT2D eigenvalue weighted by molar-refractivity contribution is -0.152. The van der Waals surface area contributed by atoms with Gasteiger partial charge in [-0.15, -0.1) is 0 Å². The summed E-state index contributed by atoms with van der Waals surface area (Å²) in [5, 5.41) is 19.4. The third kappa shape index (κ3) is 5.94. The van der Waals surface area contributed by atoms with Crippen LogP contribution in [0.1, 0.15) is 131 Å². The average Bonchev–Trinajstić information content (AvgIpc) is 3.19. The average molecular weight is 503 g/mol. The molecule has 4 rings (SSSR count). The zero-order valence-corrected chi connectivity index (χ0v) is 24.3. The first kappa shape index (κ1) is 28.6. The van der Waals surface area contributed by atoms with Crippen molar-refractivity contribution in [1.29, 1.82) is 0 Å². The van der Waals surface area contributed by atoms with Gasteiger partial charge in [0.1, 0.15) is 0 Å². The number of aliphatic hydroxyl groups excluding tert-OH is 2. The van der Waals surface area contributed by atoms with Crippen molar-refractivity contribution in [2.24, 2.45) is 46.3 Å². The molecule has 3 saturated carbocycles. The van der Waals surface area contributed by atoms with Gasteiger partial charge in [-0.3, -0.25) is 0 Å². The number of ether oxygens (including phenoxy) is 1. The van der Waals surface area contributed by atoms with Crippen molar-refractivity contribution in [1.82, 2.24) is 0 Å². The fraction of sp³-hybridized carbons (Fsp3) is 0.939. The molecule has 0 aliphatic heterocycles. The standard InChI is InChI=1S/C33H58O3/c1-23(2)10-9-11-24(3)28-15-16-29-27-14-13-25-22-26(36-31(35)12-7-6-8-21-34)17-19-32(25,4)30(27)18-20-33(28,29)5/h13,23-24,26-31,34-35H,6-12,14-22H2,1-5H3/t24-,26+,27+,28-,29+,30+,31?,32+,33-/m1/s1. The maximum absolute atomic E-state index is 10.4. The number of fused-ring (bicyclic) bond motifs is 5. The van der Waals surface area contributed by atoms with E-state index < -0.39 is 6.29 Å². The zero-order valence-electron chi connectivity index (χ0n) is 24.3. The molecule has 4 aliphatic carbocycles. The minimum Gasteiger partial charge on any atom is -0.396 e. The number of unbranched alkanes of at least 4 members (excludes halogenated alkanes) is 2. The smallest absolute Gasteiger partial charge is 0.154 e. The molecule has 0 aromatic rings. The van der Waals surface area contributed by atoms with Crippen LogP contribution < -0.4 is 0 Å². The molecule has 36 heavy (non-hydrogen) atoms. The second kappa shape index (κ2) is 12.2. The summed E-state index contributed by atoms with van der Waals surface area (Å²) in [6, 6.07) is 0. The number of hydrogen-bond acceptors (Lipinski definition) is 3. The lowest BCUT2D eigenvalue weighted by atomic mass is 9.47. The number of rotatable bonds is 12. The van der Waals surface area contributed by atoms with Gasteiger partial charge >= 0.3 is 0 Å². The van der Waals surface area contributed by atoms with E-state index in [1.807, 2.05) is 0 Å². The topological polar surface area (TPSA) is 49.7 Å². The van der Waals surface area contributed by atoms with E-state index in [4.69, 9.17) is 9.84 Å². The fourth-order valence-electron chi connectivity index (χ4n) is 9.67. The van der Waals surface area contributed by atoms with E-state index in [9.17, 15) is 5.11 Å². The molecule has 3 nitrogen and oxygen atoms in total. The third-order valence-corrected chi connectivity index (χ3v) is 11.7. The van der Waals surface area contributed by atoms with Gasteiger partial charge < -0.3 is 14.9 Å². The van der Waals surface area contributed by atoms with Gasteiger partial charge in [-0.25, -0.2) is 0 Å². The summed E-state index contributed by atoms with van der Waals surface area (Å²) in [5.41, 5.74) is 2.55. The van der Waals surface area contributed by atoms with Gasteiger partial charge in [-0.1, -0.05) is 72.0 Å². The summed E-state index contributed by atoms with van der Waals surface area (Å²) in [6.07, 6.45) is 20.2. The largest absolute Gasteiger partial charge is 0.396 e. The molecule has 0 spiro atoms.